The quantitative estimate of drug-likeness (QED) is 0.268. The lowest BCUT2D eigenvalue weighted by atomic mass is 10.2. The maximum Gasteiger partial charge on any atom is 0.267 e. The monoisotopic (exact) mass is 344 g/mol. The van der Waals surface area contributed by atoms with Crippen molar-refractivity contribution < 1.29 is 10.0 Å². The molecule has 0 radical (unpaired) electrons. The molecule has 0 spiro atoms. The lowest BCUT2D eigenvalue weighted by molar-refractivity contribution is -0.124. The first-order valence-corrected chi connectivity index (χ1v) is 9.01. The highest BCUT2D eigenvalue weighted by Crippen LogP contribution is 2.20. The summed E-state index contributed by atoms with van der Waals surface area (Å²) in [5.41, 5.74) is 4.53. The number of aryl methyl sites for hydroxylation is 1. The maximum atomic E-state index is 11.1. The molecule has 2 aromatic rings. The molecule has 0 aliphatic rings. The second-order valence-electron chi connectivity index (χ2n) is 6.05. The third-order valence-electron chi connectivity index (χ3n) is 4.15. The highest BCUT2D eigenvalue weighted by Gasteiger charge is 2.10. The van der Waals surface area contributed by atoms with E-state index in [-0.39, 0.29) is 0 Å². The van der Waals surface area contributed by atoms with Gasteiger partial charge in [-0.1, -0.05) is 32.8 Å². The molecule has 3 N–H and O–H groups in total. The van der Waals surface area contributed by atoms with Crippen LogP contribution in [0.3, 0.4) is 0 Å². The lowest BCUT2D eigenvalue weighted by Crippen LogP contribution is -2.20. The number of nitrogens with one attached hydrogen (secondary N) is 2. The largest absolute Gasteiger partial charge is 0.327 e. The molecule has 0 fully saturated rings. The van der Waals surface area contributed by atoms with E-state index in [2.05, 4.69) is 23.7 Å². The topological polar surface area (TPSA) is 79.2 Å². The van der Waals surface area contributed by atoms with Crippen molar-refractivity contribution >= 4 is 23.0 Å². The zero-order valence-corrected chi connectivity index (χ0v) is 15.1. The Morgan fingerprint density at radius 2 is 2.16 bits per heavy atom. The van der Waals surface area contributed by atoms with Crippen LogP contribution in [0.5, 0.6) is 0 Å². The summed E-state index contributed by atoms with van der Waals surface area (Å²) in [5, 5.41) is 11.9. The number of rotatable bonds is 10. The zero-order chi connectivity index (χ0) is 18.1. The number of benzene rings is 1. The average molecular weight is 344 g/mol. The van der Waals surface area contributed by atoms with E-state index in [0.717, 1.165) is 54.9 Å². The van der Waals surface area contributed by atoms with Gasteiger partial charge >= 0.3 is 0 Å². The van der Waals surface area contributed by atoms with Crippen molar-refractivity contribution in [3.63, 3.8) is 0 Å². The highest BCUT2D eigenvalue weighted by molar-refractivity contribution is 5.91. The van der Waals surface area contributed by atoms with Gasteiger partial charge in [-0.15, -0.1) is 0 Å². The van der Waals surface area contributed by atoms with Crippen LogP contribution in [0.25, 0.3) is 17.1 Å². The lowest BCUT2D eigenvalue weighted by Gasteiger charge is -2.09. The molecule has 0 aliphatic heterocycles. The van der Waals surface area contributed by atoms with Gasteiger partial charge in [0.25, 0.3) is 5.91 Å². The third kappa shape index (κ3) is 5.41. The molecular weight excluding hydrogens is 316 g/mol. The fraction of sp³-hybridized carbons (Fsp3) is 0.474. The van der Waals surface area contributed by atoms with Crippen molar-refractivity contribution in [3.05, 3.63) is 35.7 Å². The Morgan fingerprint density at radius 1 is 1.32 bits per heavy atom. The Bertz CT molecular complexity index is 722. The van der Waals surface area contributed by atoms with Crippen molar-refractivity contribution in [2.45, 2.75) is 46.1 Å². The summed E-state index contributed by atoms with van der Waals surface area (Å²) in [7, 11) is 0. The molecule has 1 aromatic carbocycles. The summed E-state index contributed by atoms with van der Waals surface area (Å²) in [6.07, 6.45) is 7.49. The molecule has 6 nitrogen and oxygen atoms in total. The van der Waals surface area contributed by atoms with Gasteiger partial charge in [-0.2, -0.15) is 0 Å². The molecule has 0 saturated carbocycles. The maximum absolute atomic E-state index is 11.1. The van der Waals surface area contributed by atoms with Crippen LogP contribution >= 0.6 is 0 Å². The smallest absolute Gasteiger partial charge is 0.267 e. The molecule has 1 amide bonds. The van der Waals surface area contributed by atoms with Crippen LogP contribution in [0, 0.1) is 0 Å². The van der Waals surface area contributed by atoms with Crippen LogP contribution in [0.4, 0.5) is 0 Å². The Kier molecular flexibility index (Phi) is 7.63. The minimum atomic E-state index is -0.545. The first-order valence-electron chi connectivity index (χ1n) is 9.01. The number of hydrogen-bond donors (Lipinski definition) is 3. The van der Waals surface area contributed by atoms with Crippen LogP contribution in [-0.2, 0) is 17.8 Å². The van der Waals surface area contributed by atoms with Crippen LogP contribution in [0.2, 0.25) is 0 Å². The average Bonchev–Trinajstić information content (AvgIpc) is 2.97. The molecule has 0 atom stereocenters. The van der Waals surface area contributed by atoms with Crippen molar-refractivity contribution in [1.82, 2.24) is 20.3 Å². The second kappa shape index (κ2) is 9.96. The molecule has 6 heteroatoms. The first kappa shape index (κ1) is 19.1. The molecule has 0 aliphatic carbocycles. The Hall–Kier alpha value is -2.18. The van der Waals surface area contributed by atoms with Gasteiger partial charge in [-0.3, -0.25) is 10.0 Å². The normalized spacial score (nSPS) is 11.5. The van der Waals surface area contributed by atoms with Gasteiger partial charge in [0.15, 0.2) is 0 Å². The van der Waals surface area contributed by atoms with Gasteiger partial charge in [-0.25, -0.2) is 10.5 Å². The van der Waals surface area contributed by atoms with E-state index in [1.807, 2.05) is 18.2 Å². The highest BCUT2D eigenvalue weighted by atomic mass is 16.5. The number of nitrogens with zero attached hydrogens (tertiary/aromatic N) is 2. The number of unbranched alkanes of at least 4 members (excludes halogenated alkanes) is 2. The van der Waals surface area contributed by atoms with Gasteiger partial charge in [0.1, 0.15) is 5.82 Å². The van der Waals surface area contributed by atoms with Gasteiger partial charge in [0.2, 0.25) is 0 Å². The second-order valence-corrected chi connectivity index (χ2v) is 6.05. The third-order valence-corrected chi connectivity index (χ3v) is 4.15. The van der Waals surface area contributed by atoms with E-state index in [4.69, 9.17) is 10.2 Å². The molecule has 136 valence electrons. The Morgan fingerprint density at radius 3 is 2.88 bits per heavy atom. The number of amides is 1. The van der Waals surface area contributed by atoms with Gasteiger partial charge in [0, 0.05) is 25.6 Å². The van der Waals surface area contributed by atoms with E-state index >= 15 is 0 Å². The van der Waals surface area contributed by atoms with Crippen molar-refractivity contribution in [3.8, 4) is 0 Å². The minimum Gasteiger partial charge on any atom is -0.327 e. The summed E-state index contributed by atoms with van der Waals surface area (Å²) in [4.78, 5) is 15.9. The summed E-state index contributed by atoms with van der Waals surface area (Å²) in [5.74, 6) is 0.576. The predicted molar refractivity (Wildman–Crippen MR) is 100 cm³/mol. The molecule has 0 bridgehead atoms. The number of carbonyl (C=O) groups excluding carboxylic acids is 1. The van der Waals surface area contributed by atoms with E-state index in [9.17, 15) is 4.79 Å². The number of likely N-dealkylation sites (N-methyl/N-ethyl adjacent to an activating group) is 1. The summed E-state index contributed by atoms with van der Waals surface area (Å²) >= 11 is 0. The van der Waals surface area contributed by atoms with E-state index in [0.29, 0.717) is 0 Å². The van der Waals surface area contributed by atoms with Crippen LogP contribution in [0.1, 0.15) is 44.5 Å². The predicted octanol–water partition coefficient (Wildman–Crippen LogP) is 2.90. The SMILES string of the molecule is CCCCCc1nc2cc(/C=C/C(=O)NO)ccc2n1CCNCC. The molecule has 25 heavy (non-hydrogen) atoms. The number of imidazole rings is 1. The number of carbonyl (C=O) groups is 1. The first-order chi connectivity index (χ1) is 12.2. The zero-order valence-electron chi connectivity index (χ0n) is 15.1. The van der Waals surface area contributed by atoms with Crippen molar-refractivity contribution in [1.29, 1.82) is 0 Å². The van der Waals surface area contributed by atoms with Gasteiger partial charge in [0.05, 0.1) is 11.0 Å². The van der Waals surface area contributed by atoms with Gasteiger partial charge < -0.3 is 9.88 Å². The van der Waals surface area contributed by atoms with Crippen molar-refractivity contribution in [2.24, 2.45) is 0 Å². The Labute approximate surface area is 148 Å². The van der Waals surface area contributed by atoms with E-state index in [1.165, 1.54) is 18.9 Å². The molecule has 1 heterocycles. The number of fused-ring (bicyclic) bond motifs is 1. The standard InChI is InChI=1S/C19H28N4O2/c1-3-5-6-7-18-21-16-14-15(9-11-19(24)22-25)8-10-17(16)23(18)13-12-20-4-2/h8-11,14,20,25H,3-7,12-13H2,1-2H3,(H,22,24)/b11-9+. The summed E-state index contributed by atoms with van der Waals surface area (Å²) in [6.45, 7) is 7.08. The minimum absolute atomic E-state index is 0.545. The van der Waals surface area contributed by atoms with Crippen LogP contribution < -0.4 is 10.8 Å². The van der Waals surface area contributed by atoms with Crippen LogP contribution in [-0.4, -0.2) is 33.8 Å². The summed E-state index contributed by atoms with van der Waals surface area (Å²) in [6, 6.07) is 5.99. The van der Waals surface area contributed by atoms with E-state index < -0.39 is 5.91 Å². The molecule has 1 aromatic heterocycles. The van der Waals surface area contributed by atoms with E-state index in [1.54, 1.807) is 11.6 Å². The fourth-order valence-electron chi connectivity index (χ4n) is 2.85. The Balaban J connectivity index is 2.28. The molecular formula is C19H28N4O2. The molecule has 0 unspecified atom stereocenters. The summed E-state index contributed by atoms with van der Waals surface area (Å²) < 4.78 is 2.29. The number of hydrogen-bond acceptors (Lipinski definition) is 4. The number of aromatic nitrogens is 2. The van der Waals surface area contributed by atoms with Crippen LogP contribution in [0.15, 0.2) is 24.3 Å². The fourth-order valence-corrected chi connectivity index (χ4v) is 2.85. The molecule has 2 rings (SSSR count). The number of hydroxylamine groups is 1. The molecule has 0 saturated heterocycles. The van der Waals surface area contributed by atoms with Gasteiger partial charge in [-0.05, 0) is 36.7 Å². The van der Waals surface area contributed by atoms with Crippen molar-refractivity contribution in [2.75, 3.05) is 13.1 Å².